The second-order valence-electron chi connectivity index (χ2n) is 7.16. The van der Waals surface area contributed by atoms with Gasteiger partial charge < -0.3 is 20.7 Å². The predicted octanol–water partition coefficient (Wildman–Crippen LogP) is 6.35. The Hall–Kier alpha value is -1.42. The van der Waals surface area contributed by atoms with Gasteiger partial charge >= 0.3 is 42.6 Å². The monoisotopic (exact) mass is 581 g/mol. The van der Waals surface area contributed by atoms with Gasteiger partial charge in [0.2, 0.25) is 0 Å². The summed E-state index contributed by atoms with van der Waals surface area (Å²) in [6.45, 7) is 5.72. The number of nitro benzene ring substituents is 1. The van der Waals surface area contributed by atoms with Crippen LogP contribution in [0.5, 0.6) is 0 Å². The third-order valence-corrected chi connectivity index (χ3v) is 4.26. The van der Waals surface area contributed by atoms with E-state index in [1.165, 1.54) is 31.1 Å². The van der Waals surface area contributed by atoms with Crippen molar-refractivity contribution in [2.24, 2.45) is 0 Å². The molecule has 0 spiro atoms. The van der Waals surface area contributed by atoms with E-state index in [1.807, 2.05) is 31.2 Å². The molecule has 2 aromatic rings. The summed E-state index contributed by atoms with van der Waals surface area (Å²) in [6, 6.07) is 10.8. The number of benzene rings is 2. The predicted molar refractivity (Wildman–Crippen MR) is 143 cm³/mol. The number of aliphatic hydroxyl groups is 2. The molecule has 0 aromatic heterocycles. The normalized spacial score (nSPS) is 12.2. The molecule has 1 aliphatic rings. The van der Waals surface area contributed by atoms with E-state index in [4.69, 9.17) is 48.6 Å². The van der Waals surface area contributed by atoms with Crippen molar-refractivity contribution in [2.45, 2.75) is 26.7 Å². The van der Waals surface area contributed by atoms with Crippen LogP contribution in [0.15, 0.2) is 48.6 Å². The van der Waals surface area contributed by atoms with Crippen LogP contribution in [0.4, 0.5) is 11.4 Å². The van der Waals surface area contributed by atoms with Gasteiger partial charge in [-0.15, -0.1) is 0 Å². The van der Waals surface area contributed by atoms with Gasteiger partial charge in [0.25, 0.3) is 5.69 Å². The fourth-order valence-electron chi connectivity index (χ4n) is 2.67. The number of ether oxygens (including phenoxy) is 1. The number of anilines is 1. The van der Waals surface area contributed by atoms with E-state index < -0.39 is 19.6 Å². The molecule has 11 heteroatoms. The molecule has 0 unspecified atom stereocenters. The second kappa shape index (κ2) is 20.7. The molecule has 35 heavy (non-hydrogen) atoms. The minimum atomic E-state index is -1.92. The van der Waals surface area contributed by atoms with Crippen LogP contribution in [0.3, 0.4) is 0 Å². The zero-order valence-electron chi connectivity index (χ0n) is 19.8. The molecule has 1 saturated heterocycles. The van der Waals surface area contributed by atoms with Crippen LogP contribution in [0.2, 0.25) is 0 Å². The number of nitrogen functional groups attached to an aromatic ring is 1. The zero-order chi connectivity index (χ0) is 26.6. The van der Waals surface area contributed by atoms with Crippen molar-refractivity contribution in [3.63, 3.8) is 0 Å². The van der Waals surface area contributed by atoms with E-state index >= 15 is 0 Å². The Morgan fingerprint density at radius 2 is 1.43 bits per heavy atom. The van der Waals surface area contributed by atoms with E-state index in [9.17, 15) is 10.1 Å². The van der Waals surface area contributed by atoms with Crippen molar-refractivity contribution in [3.8, 4) is 0 Å². The molecule has 1 fully saturated rings. The quantitative estimate of drug-likeness (QED) is 0.164. The summed E-state index contributed by atoms with van der Waals surface area (Å²) in [7, 11) is 14.9. The number of aliphatic hydroxyl groups excluding tert-OH is 2. The number of nitrogens with zero attached hydrogens (tertiary/aromatic N) is 1. The van der Waals surface area contributed by atoms with Crippen LogP contribution in [-0.2, 0) is 19.4 Å². The van der Waals surface area contributed by atoms with E-state index in [0.29, 0.717) is 5.56 Å². The van der Waals surface area contributed by atoms with Crippen molar-refractivity contribution >= 4 is 51.4 Å². The first kappa shape index (κ1) is 33.6. The Morgan fingerprint density at radius 3 is 1.83 bits per heavy atom. The van der Waals surface area contributed by atoms with Crippen molar-refractivity contribution in [1.29, 1.82) is 0 Å². The van der Waals surface area contributed by atoms with Gasteiger partial charge in [0, 0.05) is 25.0 Å². The zero-order valence-corrected chi connectivity index (χ0v) is 23.6. The Kier molecular flexibility index (Phi) is 19.9. The molecule has 4 N–H and O–H groups in total. The van der Waals surface area contributed by atoms with Crippen LogP contribution >= 0.6 is 27.9 Å². The average molecular weight is 583 g/mol. The molecule has 0 aliphatic carbocycles. The van der Waals surface area contributed by atoms with Crippen LogP contribution in [0, 0.1) is 24.0 Å². The van der Waals surface area contributed by atoms with E-state index in [1.54, 1.807) is 25.1 Å². The third-order valence-electron chi connectivity index (χ3n) is 4.26. The molecule has 0 radical (unpaired) electrons. The standard InChI is InChI=1S/C10H11NO3.C10H13NO.C4H8O.3ClH.Ti/c1-8-4-5-9(3-2-6-12)10(7-8)11(13)14;1-8-4-5-9(3-2-6-12)10(11)7-8;1-2-4-5-3-1;;;;/h2-5,7,12H,6H2,1H3;2-5,7,12H,6,11H2,1H3;1-4H2;3*1H;/q;;;;;;+3/p-3/b2*3-2+;;;;;. The molecular weight excluding hydrogens is 550 g/mol. The number of nitrogens with two attached hydrogens (primary N) is 1. The van der Waals surface area contributed by atoms with Crippen molar-refractivity contribution in [1.82, 2.24) is 0 Å². The molecule has 0 amide bonds. The first-order valence-corrected chi connectivity index (χ1v) is 17.1. The first-order valence-electron chi connectivity index (χ1n) is 10.7. The maximum absolute atomic E-state index is 10.6. The van der Waals surface area contributed by atoms with Gasteiger partial charge in [0.05, 0.1) is 23.7 Å². The van der Waals surface area contributed by atoms with E-state index in [0.717, 1.165) is 35.6 Å². The summed E-state index contributed by atoms with van der Waals surface area (Å²) in [4.78, 5) is 10.2. The van der Waals surface area contributed by atoms with Gasteiger partial charge in [-0.05, 0) is 61.6 Å². The van der Waals surface area contributed by atoms with E-state index in [2.05, 4.69) is 0 Å². The number of hydrogen-bond acceptors (Lipinski definition) is 6. The average Bonchev–Trinajstić information content (AvgIpc) is 3.38. The molecule has 2 aromatic carbocycles. The Balaban J connectivity index is 0.000000494. The number of rotatable bonds is 5. The number of halogens is 3. The Labute approximate surface area is 224 Å². The maximum atomic E-state index is 10.6. The van der Waals surface area contributed by atoms with Crippen LogP contribution in [0.1, 0.15) is 35.1 Å². The van der Waals surface area contributed by atoms with Crippen molar-refractivity contribution in [3.05, 3.63) is 80.9 Å². The summed E-state index contributed by atoms with van der Waals surface area (Å²) >= 11 is -1.92. The summed E-state index contributed by atoms with van der Waals surface area (Å²) in [5.74, 6) is 0. The van der Waals surface area contributed by atoms with Crippen molar-refractivity contribution in [2.75, 3.05) is 32.2 Å². The van der Waals surface area contributed by atoms with Crippen LogP contribution in [0.25, 0.3) is 12.2 Å². The van der Waals surface area contributed by atoms with Gasteiger partial charge in [-0.25, -0.2) is 0 Å². The first-order chi connectivity index (χ1) is 16.6. The molecule has 1 heterocycles. The molecule has 7 nitrogen and oxygen atoms in total. The van der Waals surface area contributed by atoms with Crippen molar-refractivity contribution < 1.29 is 34.6 Å². The van der Waals surface area contributed by atoms with Gasteiger partial charge in [-0.3, -0.25) is 10.1 Å². The van der Waals surface area contributed by atoms with Gasteiger partial charge in [0.15, 0.2) is 0 Å². The molecule has 193 valence electrons. The Morgan fingerprint density at radius 1 is 0.971 bits per heavy atom. The van der Waals surface area contributed by atoms with Crippen LogP contribution in [-0.4, -0.2) is 41.6 Å². The number of aryl methyl sites for hydroxylation is 2. The molecule has 1 aliphatic heterocycles. The third kappa shape index (κ3) is 17.6. The molecule has 0 atom stereocenters. The number of hydrogen-bond donors (Lipinski definition) is 3. The molecule has 0 saturated carbocycles. The van der Waals surface area contributed by atoms with Gasteiger partial charge in [-0.2, -0.15) is 0 Å². The number of nitro groups is 1. The SMILES string of the molecule is C1CCOC1.Cc1ccc(/C=C/CO)c(N)c1.Cc1ccc(/C=C/CO)c([N+](=O)[O-])c1.[Cl][Ti]([Cl])[Cl]. The fraction of sp³-hybridized carbons (Fsp3) is 0.333. The summed E-state index contributed by atoms with van der Waals surface area (Å²) < 4.78 is 4.94. The minimum absolute atomic E-state index is 0.0489. The molecule has 3 rings (SSSR count). The summed E-state index contributed by atoms with van der Waals surface area (Å²) in [5, 5.41) is 27.7. The molecular formula is C24H32Cl3N2O5Ti. The van der Waals surface area contributed by atoms with Gasteiger partial charge in [0.1, 0.15) is 0 Å². The second-order valence-corrected chi connectivity index (χ2v) is 14.9. The topological polar surface area (TPSA) is 119 Å². The Bertz CT molecular complexity index is 929. The fourth-order valence-corrected chi connectivity index (χ4v) is 2.67. The molecule has 0 bridgehead atoms. The van der Waals surface area contributed by atoms with Crippen LogP contribution < -0.4 is 5.73 Å². The van der Waals surface area contributed by atoms with E-state index in [-0.39, 0.29) is 18.9 Å². The summed E-state index contributed by atoms with van der Waals surface area (Å²) in [5.41, 5.74) is 10.00. The van der Waals surface area contributed by atoms with Gasteiger partial charge in [-0.1, -0.05) is 36.4 Å². The summed E-state index contributed by atoms with van der Waals surface area (Å²) in [6.07, 6.45) is 9.05.